The molecule has 0 saturated carbocycles. The molecule has 2 aromatic carbocycles. The molecule has 0 spiro atoms. The van der Waals surface area contributed by atoms with Crippen molar-refractivity contribution in [2.24, 2.45) is 23.2 Å². The number of hydrogen-bond donors (Lipinski definition) is 2. The summed E-state index contributed by atoms with van der Waals surface area (Å²) in [7, 11) is 0. The molecule has 5 aromatic rings. The number of benzene rings is 2. The summed E-state index contributed by atoms with van der Waals surface area (Å²) < 4.78 is 0. The Balaban J connectivity index is 1.22. The van der Waals surface area contributed by atoms with Gasteiger partial charge in [0.1, 0.15) is 0 Å². The van der Waals surface area contributed by atoms with E-state index in [2.05, 4.69) is 202 Å². The van der Waals surface area contributed by atoms with E-state index >= 15 is 0 Å². The van der Waals surface area contributed by atoms with Gasteiger partial charge in [-0.2, -0.15) is 0 Å². The van der Waals surface area contributed by atoms with Crippen LogP contribution in [0, 0.1) is 23.2 Å². The van der Waals surface area contributed by atoms with Gasteiger partial charge in [0.15, 0.2) is 0 Å². The lowest BCUT2D eigenvalue weighted by Crippen LogP contribution is -2.20. The molecule has 13 rings (SSSR count). The Labute approximate surface area is 385 Å². The van der Waals surface area contributed by atoms with Crippen molar-refractivity contribution in [3.05, 3.63) is 179 Å². The fourth-order valence-electron chi connectivity index (χ4n) is 10.3. The number of fused-ring (bicyclic) bond motifs is 6. The maximum absolute atomic E-state index is 5.59. The molecule has 0 saturated heterocycles. The summed E-state index contributed by atoms with van der Waals surface area (Å²) in [4.78, 5) is 19.1. The van der Waals surface area contributed by atoms with Gasteiger partial charge in [-0.05, 0) is 145 Å². The summed E-state index contributed by atoms with van der Waals surface area (Å²) in [5.41, 5.74) is 18.3. The van der Waals surface area contributed by atoms with E-state index in [1.165, 1.54) is 36.0 Å². The topological polar surface area (TPSA) is 57.4 Å². The third kappa shape index (κ3) is 8.84. The third-order valence-corrected chi connectivity index (χ3v) is 14.3. The Morgan fingerprint density at radius 2 is 1.22 bits per heavy atom. The van der Waals surface area contributed by atoms with Crippen LogP contribution in [-0.2, 0) is 6.42 Å². The monoisotopic (exact) mass is 850 g/mol. The zero-order chi connectivity index (χ0) is 44.3. The highest BCUT2D eigenvalue weighted by Crippen LogP contribution is 2.41. The fourth-order valence-corrected chi connectivity index (χ4v) is 10.3. The lowest BCUT2D eigenvalue weighted by atomic mass is 9.74. The quantitative estimate of drug-likeness (QED) is 0.118. The lowest BCUT2D eigenvalue weighted by molar-refractivity contribution is 0.343. The highest BCUT2D eigenvalue weighted by atomic mass is 14.8. The maximum atomic E-state index is 5.59. The van der Waals surface area contributed by atoms with Gasteiger partial charge in [-0.15, -0.1) is 0 Å². The van der Waals surface area contributed by atoms with Crippen molar-refractivity contribution in [3.63, 3.8) is 0 Å². The molecule has 4 nitrogen and oxygen atoms in total. The highest BCUT2D eigenvalue weighted by Gasteiger charge is 2.27. The molecule has 65 heavy (non-hydrogen) atoms. The van der Waals surface area contributed by atoms with Gasteiger partial charge >= 0.3 is 0 Å². The summed E-state index contributed by atoms with van der Waals surface area (Å²) in [6.07, 6.45) is 43.1. The van der Waals surface area contributed by atoms with Crippen LogP contribution in [0.3, 0.4) is 0 Å². The van der Waals surface area contributed by atoms with E-state index in [1.807, 2.05) is 0 Å². The van der Waals surface area contributed by atoms with Gasteiger partial charge in [0.05, 0.1) is 22.8 Å². The van der Waals surface area contributed by atoms with E-state index in [0.29, 0.717) is 17.8 Å². The van der Waals surface area contributed by atoms with Crippen molar-refractivity contribution in [2.45, 2.75) is 85.5 Å². The zero-order valence-electron chi connectivity index (χ0n) is 38.6. The predicted octanol–water partition coefficient (Wildman–Crippen LogP) is 16.6. The van der Waals surface area contributed by atoms with Crippen LogP contribution in [0.2, 0.25) is 0 Å². The standard InChI is InChI=1S/C61H62N4/c1-5-6-7-8-11-16-41(2)43-24-26-46(27-25-43)59-53-34-32-49(62-53)57(44-18-13-9-14-19-44)50-33-35-55(63-50)60-47-28-30-48(31-29-47)61(3,4)40-15-10-12-17-42-20-22-45(23-21-42)58(51-36-38-54(59)64-51)52-37-39-56(60)65-52/h9,11,13-16,18-24,26-30,32-41,43,48,62,65H,5-8,10,12,17,25,31H2,1-4H3. The van der Waals surface area contributed by atoms with Crippen molar-refractivity contribution in [1.82, 2.24) is 19.9 Å². The Bertz CT molecular complexity index is 3010. The number of unbranched alkanes of at least 4 members (excludes halogenated alkanes) is 3. The number of hydrogen-bond acceptors (Lipinski definition) is 2. The molecule has 0 radical (unpaired) electrons. The first-order chi connectivity index (χ1) is 31.8. The minimum absolute atomic E-state index is 0.0379. The predicted molar refractivity (Wildman–Crippen MR) is 278 cm³/mol. The maximum Gasteiger partial charge on any atom is 0.0737 e. The first kappa shape index (κ1) is 42.4. The zero-order valence-corrected chi connectivity index (χ0v) is 38.6. The molecule has 0 amide bonds. The second-order valence-corrected chi connectivity index (χ2v) is 19.2. The van der Waals surface area contributed by atoms with E-state index in [0.717, 1.165) is 117 Å². The van der Waals surface area contributed by atoms with Crippen LogP contribution in [0.5, 0.6) is 0 Å². The van der Waals surface area contributed by atoms with Gasteiger partial charge in [0.2, 0.25) is 0 Å². The van der Waals surface area contributed by atoms with Crippen LogP contribution in [-0.4, -0.2) is 19.9 Å². The molecule has 0 fully saturated rings. The van der Waals surface area contributed by atoms with E-state index in [-0.39, 0.29) is 5.41 Å². The van der Waals surface area contributed by atoms with Gasteiger partial charge in [-0.1, -0.05) is 156 Å². The summed E-state index contributed by atoms with van der Waals surface area (Å²) in [6.45, 7) is 9.39. The summed E-state index contributed by atoms with van der Waals surface area (Å²) in [5.74, 6) is 1.32. The van der Waals surface area contributed by atoms with Crippen LogP contribution in [0.25, 0.3) is 79.8 Å². The van der Waals surface area contributed by atoms with Crippen LogP contribution in [0.4, 0.5) is 0 Å². The molecule has 6 aliphatic heterocycles. The van der Waals surface area contributed by atoms with Gasteiger partial charge in [-0.25, -0.2) is 9.97 Å². The number of rotatable bonds is 8. The number of aryl methyl sites for hydroxylation is 1. The molecule has 3 aromatic heterocycles. The second-order valence-electron chi connectivity index (χ2n) is 19.2. The lowest BCUT2D eigenvalue weighted by Gasteiger charge is -2.31. The molecule has 14 bridgehead atoms. The molecule has 2 aliphatic carbocycles. The van der Waals surface area contributed by atoms with Crippen molar-refractivity contribution < 1.29 is 0 Å². The molecular weight excluding hydrogens is 789 g/mol. The fraction of sp³-hybridized carbons (Fsp3) is 0.279. The molecule has 4 heteroatoms. The van der Waals surface area contributed by atoms with Gasteiger partial charge in [0.25, 0.3) is 0 Å². The average Bonchev–Trinajstić information content (AvgIpc) is 4.18. The minimum atomic E-state index is 0.0379. The number of nitrogens with zero attached hydrogens (tertiary/aromatic N) is 2. The summed E-state index contributed by atoms with van der Waals surface area (Å²) in [6, 6.07) is 28.9. The average molecular weight is 851 g/mol. The van der Waals surface area contributed by atoms with Crippen molar-refractivity contribution in [2.75, 3.05) is 0 Å². The molecular formula is C61H62N4. The summed E-state index contributed by atoms with van der Waals surface area (Å²) >= 11 is 0. The molecule has 9 heterocycles. The second kappa shape index (κ2) is 18.5. The number of aromatic nitrogens is 4. The number of allylic oxidation sites excluding steroid dienone is 12. The van der Waals surface area contributed by atoms with E-state index in [4.69, 9.17) is 9.97 Å². The van der Waals surface area contributed by atoms with E-state index in [9.17, 15) is 0 Å². The Hall–Kier alpha value is -6.52. The van der Waals surface area contributed by atoms with E-state index < -0.39 is 0 Å². The van der Waals surface area contributed by atoms with Crippen LogP contribution >= 0.6 is 0 Å². The van der Waals surface area contributed by atoms with Crippen molar-refractivity contribution in [1.29, 1.82) is 0 Å². The largest absolute Gasteiger partial charge is 0.354 e. The first-order valence-corrected chi connectivity index (χ1v) is 24.3. The van der Waals surface area contributed by atoms with Gasteiger partial charge < -0.3 is 9.97 Å². The SMILES string of the molecule is CCCCCC=CC(C)C1C=CC(c2c3nc(c4c5ccc([nH]5)c(c5nc(c(-c6ccccc6)c6ccc2[nH]6)C=C5)C2=CCC(C=C2)C(C)(C)C=CCCCc2ccc-4cc2)C=C3)=CC1. The third-order valence-electron chi connectivity index (χ3n) is 14.3. The van der Waals surface area contributed by atoms with E-state index in [1.54, 1.807) is 0 Å². The van der Waals surface area contributed by atoms with Gasteiger partial charge in [0, 0.05) is 44.3 Å². The van der Waals surface area contributed by atoms with Crippen molar-refractivity contribution >= 4 is 57.5 Å². The number of aromatic amines is 2. The number of nitrogens with one attached hydrogen (secondary N) is 2. The van der Waals surface area contributed by atoms with Crippen LogP contribution in [0.15, 0.2) is 140 Å². The molecule has 8 aliphatic rings. The Kier molecular flexibility index (Phi) is 12.1. The van der Waals surface area contributed by atoms with Gasteiger partial charge in [-0.3, -0.25) is 0 Å². The molecule has 326 valence electrons. The Morgan fingerprint density at radius 3 is 1.78 bits per heavy atom. The summed E-state index contributed by atoms with van der Waals surface area (Å²) in [5, 5.41) is 0. The molecule has 3 atom stereocenters. The minimum Gasteiger partial charge on any atom is -0.354 e. The Morgan fingerprint density at radius 1 is 0.646 bits per heavy atom. The molecule has 2 N–H and O–H groups in total. The number of H-pyrrole nitrogens is 2. The van der Waals surface area contributed by atoms with Crippen LogP contribution < -0.4 is 0 Å². The first-order valence-electron chi connectivity index (χ1n) is 24.3. The highest BCUT2D eigenvalue weighted by molar-refractivity contribution is 5.99. The van der Waals surface area contributed by atoms with Crippen molar-refractivity contribution in [3.8, 4) is 22.3 Å². The molecule has 3 unspecified atom stereocenters. The normalized spacial score (nSPS) is 19.2. The van der Waals surface area contributed by atoms with Crippen LogP contribution in [0.1, 0.15) is 119 Å². The smallest absolute Gasteiger partial charge is 0.0737 e.